The predicted octanol–water partition coefficient (Wildman–Crippen LogP) is 7.18. The molecule has 2 aliphatic rings. The number of halogens is 3. The van der Waals surface area contributed by atoms with Gasteiger partial charge in [-0.2, -0.15) is 0 Å². The Hall–Kier alpha value is -2.45. The zero-order valence-corrected chi connectivity index (χ0v) is 29.6. The molecule has 1 N–H and O–H groups in total. The number of nitrogens with zero attached hydrogens (tertiary/aromatic N) is 4. The van der Waals surface area contributed by atoms with Crippen LogP contribution in [0.25, 0.3) is 0 Å². The first-order chi connectivity index (χ1) is 21.0. The summed E-state index contributed by atoms with van der Waals surface area (Å²) >= 11 is 5.88. The number of aromatic nitrogens is 3. The highest BCUT2D eigenvalue weighted by Crippen LogP contribution is 2.60. The van der Waals surface area contributed by atoms with E-state index < -0.39 is 25.7 Å². The molecule has 4 aromatic rings. The maximum Gasteiger partial charge on any atom is 0.264 e. The predicted molar refractivity (Wildman–Crippen MR) is 183 cm³/mol. The molecule has 44 heavy (non-hydrogen) atoms. The fourth-order valence-corrected chi connectivity index (χ4v) is 10.4. The zero-order chi connectivity index (χ0) is 31.2. The molecule has 2 aliphatic heterocycles. The Morgan fingerprint density at radius 1 is 1.14 bits per heavy atom. The quantitative estimate of drug-likeness (QED) is 0.111. The summed E-state index contributed by atoms with van der Waals surface area (Å²) < 4.78 is 26.8. The van der Waals surface area contributed by atoms with Gasteiger partial charge in [-0.25, -0.2) is 0 Å². The summed E-state index contributed by atoms with van der Waals surface area (Å²) in [6.07, 6.45) is 1.83. The van der Waals surface area contributed by atoms with E-state index in [4.69, 9.17) is 4.74 Å². The molecule has 0 radical (unpaired) electrons. The fraction of sp³-hybridized carbons (Fsp3) is 0.364. The van der Waals surface area contributed by atoms with Crippen LogP contribution in [0.2, 0.25) is 18.6 Å². The summed E-state index contributed by atoms with van der Waals surface area (Å²) in [4.78, 5) is 16.3. The first-order valence-corrected chi connectivity index (χ1v) is 19.6. The monoisotopic (exact) mass is 788 g/mol. The van der Waals surface area contributed by atoms with Crippen LogP contribution in [0.4, 0.5) is 9.80 Å². The van der Waals surface area contributed by atoms with E-state index in [0.717, 1.165) is 30.4 Å². The van der Waals surface area contributed by atoms with Crippen molar-refractivity contribution in [2.45, 2.75) is 62.7 Å². The SMILES string of the molecule is C[C@H]1[C@H]([Si](C)(C)F)[C@@H](CCn2cc(C(CO)c3ccccc3)nn2)O[C@]12C(=O)N(Cc1ccc(I)cc1)c1ccc(Br)cc12. The lowest BCUT2D eigenvalue weighted by Crippen LogP contribution is -2.45. The minimum absolute atomic E-state index is 0.0893. The Morgan fingerprint density at radius 2 is 1.86 bits per heavy atom. The van der Waals surface area contributed by atoms with Crippen LogP contribution >= 0.6 is 38.5 Å². The Bertz CT molecular complexity index is 1650. The van der Waals surface area contributed by atoms with Crippen LogP contribution in [0.5, 0.6) is 0 Å². The number of ether oxygens (including phenoxy) is 1. The van der Waals surface area contributed by atoms with Crippen LogP contribution in [0.15, 0.2) is 83.5 Å². The molecular formula is C33H35BrFIN4O3Si. The number of amides is 1. The highest BCUT2D eigenvalue weighted by molar-refractivity contribution is 14.1. The van der Waals surface area contributed by atoms with Crippen molar-refractivity contribution in [2.75, 3.05) is 11.5 Å². The smallest absolute Gasteiger partial charge is 0.264 e. The minimum Gasteiger partial charge on any atom is -0.395 e. The lowest BCUT2D eigenvalue weighted by Gasteiger charge is -2.31. The number of hydrogen-bond acceptors (Lipinski definition) is 5. The molecule has 5 atom stereocenters. The van der Waals surface area contributed by atoms with E-state index in [2.05, 4.69) is 48.8 Å². The third kappa shape index (κ3) is 5.70. The minimum atomic E-state index is -3.30. The number of carbonyl (C=O) groups is 1. The van der Waals surface area contributed by atoms with Crippen molar-refractivity contribution in [1.29, 1.82) is 0 Å². The van der Waals surface area contributed by atoms with Crippen molar-refractivity contribution < 1.29 is 18.7 Å². The second-order valence-corrected chi connectivity index (χ2v) is 18.2. The van der Waals surface area contributed by atoms with Gasteiger partial charge in [0.15, 0.2) is 5.60 Å². The van der Waals surface area contributed by atoms with E-state index >= 15 is 4.11 Å². The molecule has 1 fully saturated rings. The van der Waals surface area contributed by atoms with Crippen LogP contribution in [0, 0.1) is 9.49 Å². The van der Waals surface area contributed by atoms with E-state index in [-0.39, 0.29) is 24.3 Å². The number of fused-ring (bicyclic) bond motifs is 2. The van der Waals surface area contributed by atoms with Gasteiger partial charge in [-0.1, -0.05) is 70.5 Å². The molecule has 230 valence electrons. The second kappa shape index (κ2) is 12.4. The van der Waals surface area contributed by atoms with Crippen LogP contribution in [-0.4, -0.2) is 47.1 Å². The standard InChI is InChI=1S/C33H35BrFIN4O3Si/c1-21-31(44(2,3)35)30(15-16-39-19-28(37-38-39)26(20-41)23-7-5-4-6-8-23)43-33(21)27-17-24(34)11-14-29(27)40(32(33)42)18-22-9-12-25(36)13-10-22/h4-14,17,19,21,26,30-31,41H,15-16,18,20H2,1-3H3/t21-,26?,30+,31-,33+/m0/s1. The molecule has 1 unspecified atom stereocenters. The molecule has 0 saturated carbocycles. The Labute approximate surface area is 280 Å². The zero-order valence-electron chi connectivity index (χ0n) is 24.8. The summed E-state index contributed by atoms with van der Waals surface area (Å²) in [6.45, 7) is 6.17. The van der Waals surface area contributed by atoms with E-state index in [0.29, 0.717) is 25.2 Å². The number of aliphatic hydroxyl groups excluding tert-OH is 1. The molecule has 3 heterocycles. The summed E-state index contributed by atoms with van der Waals surface area (Å²) in [5.41, 5.74) is 2.55. The molecule has 1 saturated heterocycles. The van der Waals surface area contributed by atoms with Gasteiger partial charge in [-0.15, -0.1) is 5.10 Å². The van der Waals surface area contributed by atoms with Gasteiger partial charge in [0, 0.05) is 37.8 Å². The Balaban J connectivity index is 1.30. The molecule has 3 aromatic carbocycles. The van der Waals surface area contributed by atoms with Crippen molar-refractivity contribution in [2.24, 2.45) is 5.92 Å². The van der Waals surface area contributed by atoms with E-state index in [1.54, 1.807) is 22.7 Å². The average molecular weight is 790 g/mol. The Morgan fingerprint density at radius 3 is 2.55 bits per heavy atom. The summed E-state index contributed by atoms with van der Waals surface area (Å²) in [6, 6.07) is 23.7. The van der Waals surface area contributed by atoms with Crippen LogP contribution in [-0.2, 0) is 28.2 Å². The maximum atomic E-state index is 16.2. The second-order valence-electron chi connectivity index (χ2n) is 12.3. The molecule has 0 bridgehead atoms. The third-order valence-electron chi connectivity index (χ3n) is 9.12. The summed E-state index contributed by atoms with van der Waals surface area (Å²) in [7, 11) is -3.30. The van der Waals surface area contributed by atoms with Crippen molar-refractivity contribution in [3.8, 4) is 0 Å². The first kappa shape index (κ1) is 31.5. The molecule has 1 spiro atoms. The number of benzene rings is 3. The van der Waals surface area contributed by atoms with Gasteiger partial charge in [-0.3, -0.25) is 9.48 Å². The number of aryl methyl sites for hydroxylation is 1. The van der Waals surface area contributed by atoms with Gasteiger partial charge >= 0.3 is 0 Å². The van der Waals surface area contributed by atoms with E-state index in [1.807, 2.05) is 85.9 Å². The first-order valence-electron chi connectivity index (χ1n) is 14.8. The average Bonchev–Trinajstić information content (AvgIpc) is 3.64. The maximum absolute atomic E-state index is 16.2. The molecule has 1 amide bonds. The van der Waals surface area contributed by atoms with Crippen LogP contribution in [0.3, 0.4) is 0 Å². The number of aliphatic hydroxyl groups is 1. The lowest BCUT2D eigenvalue weighted by atomic mass is 9.82. The summed E-state index contributed by atoms with van der Waals surface area (Å²) in [5.74, 6) is -0.797. The number of rotatable bonds is 9. The summed E-state index contributed by atoms with van der Waals surface area (Å²) in [5, 5.41) is 18.8. The lowest BCUT2D eigenvalue weighted by molar-refractivity contribution is -0.146. The highest BCUT2D eigenvalue weighted by Gasteiger charge is 2.66. The van der Waals surface area contributed by atoms with Crippen molar-refractivity contribution in [3.05, 3.63) is 109 Å². The highest BCUT2D eigenvalue weighted by atomic mass is 127. The molecule has 11 heteroatoms. The molecule has 6 rings (SSSR count). The number of hydrogen-bond donors (Lipinski definition) is 1. The van der Waals surface area contributed by atoms with Gasteiger partial charge < -0.3 is 18.9 Å². The topological polar surface area (TPSA) is 80.5 Å². The number of anilines is 1. The van der Waals surface area contributed by atoms with Gasteiger partial charge in [0.2, 0.25) is 8.41 Å². The molecule has 0 aliphatic carbocycles. The van der Waals surface area contributed by atoms with Crippen molar-refractivity contribution in [1.82, 2.24) is 15.0 Å². The largest absolute Gasteiger partial charge is 0.395 e. The van der Waals surface area contributed by atoms with Crippen LogP contribution < -0.4 is 4.90 Å². The molecule has 1 aromatic heterocycles. The van der Waals surface area contributed by atoms with Gasteiger partial charge in [-0.05, 0) is 83.6 Å². The Kier molecular flexibility index (Phi) is 8.88. The van der Waals surface area contributed by atoms with Gasteiger partial charge in [0.1, 0.15) is 0 Å². The van der Waals surface area contributed by atoms with E-state index in [1.165, 1.54) is 0 Å². The molecule has 7 nitrogen and oxygen atoms in total. The third-order valence-corrected chi connectivity index (χ3v) is 12.8. The van der Waals surface area contributed by atoms with Gasteiger partial charge in [0.25, 0.3) is 5.91 Å². The fourth-order valence-electron chi connectivity index (χ4n) is 7.12. The number of carbonyl (C=O) groups excluding carboxylic acids is 1. The van der Waals surface area contributed by atoms with Crippen LogP contribution in [0.1, 0.15) is 41.6 Å². The molecular weight excluding hydrogens is 754 g/mol. The van der Waals surface area contributed by atoms with Gasteiger partial charge in [0.05, 0.1) is 36.6 Å². The van der Waals surface area contributed by atoms with E-state index in [9.17, 15) is 9.90 Å². The normalized spacial score (nSPS) is 23.8. The van der Waals surface area contributed by atoms with Crippen molar-refractivity contribution in [3.63, 3.8) is 0 Å². The van der Waals surface area contributed by atoms with Crippen molar-refractivity contribution >= 4 is 58.5 Å².